The summed E-state index contributed by atoms with van der Waals surface area (Å²) in [6.45, 7) is 15.2. The van der Waals surface area contributed by atoms with Crippen LogP contribution < -0.4 is 15.6 Å². The number of nitrogens with zero attached hydrogens (tertiary/aromatic N) is 7. The maximum atomic E-state index is 15.5. The van der Waals surface area contributed by atoms with E-state index in [1.54, 1.807) is 12.1 Å². The number of alkyl halides is 1. The molecule has 11 aliphatic rings. The fraction of sp³-hybridized carbons (Fsp3) is 0.672. The molecule has 2 amide bonds. The van der Waals surface area contributed by atoms with Gasteiger partial charge in [-0.3, -0.25) is 34.2 Å². The minimum atomic E-state index is -1.16. The predicted octanol–water partition coefficient (Wildman–Crippen LogP) is 6.77. The summed E-state index contributed by atoms with van der Waals surface area (Å²) >= 11 is 1.42. The zero-order valence-electron chi connectivity index (χ0n) is 45.3. The first-order chi connectivity index (χ1) is 37.2. The summed E-state index contributed by atoms with van der Waals surface area (Å²) in [6.07, 6.45) is 8.14. The van der Waals surface area contributed by atoms with Gasteiger partial charge in [-0.05, 0) is 114 Å². The number of pyridine rings is 1. The Labute approximate surface area is 454 Å². The van der Waals surface area contributed by atoms with Crippen molar-refractivity contribution in [1.82, 2.24) is 40.1 Å². The number of fused-ring (bicyclic) bond motifs is 5. The Morgan fingerprint density at radius 1 is 1.00 bits per heavy atom. The lowest BCUT2D eigenvalue weighted by atomic mass is 9.72. The Balaban J connectivity index is 0.958. The van der Waals surface area contributed by atoms with E-state index in [0.717, 1.165) is 89.4 Å². The second-order valence-corrected chi connectivity index (χ2v) is 25.5. The maximum absolute atomic E-state index is 15.5. The van der Waals surface area contributed by atoms with Gasteiger partial charge in [-0.1, -0.05) is 19.9 Å². The number of aromatic nitrogens is 3. The number of likely N-dealkylation sites (tertiary alicyclic amines) is 1. The van der Waals surface area contributed by atoms with E-state index in [9.17, 15) is 9.59 Å². The van der Waals surface area contributed by atoms with E-state index in [1.807, 2.05) is 23.4 Å². The Hall–Kier alpha value is -4.60. The first kappa shape index (κ1) is 51.8. The monoisotopic (exact) mass is 1080 g/mol. The van der Waals surface area contributed by atoms with Crippen molar-refractivity contribution in [2.45, 2.75) is 159 Å². The van der Waals surface area contributed by atoms with E-state index in [2.05, 4.69) is 70.1 Å². The molecule has 15 rings (SSSR count). The molecule has 1 aromatic carbocycles. The van der Waals surface area contributed by atoms with Crippen LogP contribution in [0.1, 0.15) is 114 Å². The molecule has 414 valence electrons. The Bertz CT molecular complexity index is 2880. The molecule has 77 heavy (non-hydrogen) atoms. The summed E-state index contributed by atoms with van der Waals surface area (Å²) < 4.78 is 49.1. The van der Waals surface area contributed by atoms with E-state index >= 15 is 9.18 Å². The molecule has 6 atom stereocenters. The van der Waals surface area contributed by atoms with E-state index < -0.39 is 41.3 Å². The number of hydrogen-bond acceptors (Lipinski definition) is 15. The number of esters is 1. The number of piperazine rings is 1. The molecular formula is C58H76FN9O8S. The van der Waals surface area contributed by atoms with Gasteiger partial charge in [-0.15, -0.1) is 11.3 Å². The number of hydrazine groups is 1. The summed E-state index contributed by atoms with van der Waals surface area (Å²) in [7, 11) is 1.73. The molecule has 3 aromatic heterocycles. The molecule has 7 saturated heterocycles. The maximum Gasteiger partial charge on any atom is 0.325 e. The average molecular weight is 1080 g/mol. The van der Waals surface area contributed by atoms with E-state index in [0.29, 0.717) is 82.5 Å². The van der Waals surface area contributed by atoms with E-state index in [-0.39, 0.29) is 61.2 Å². The first-order valence-electron chi connectivity index (χ1n) is 28.7. The molecule has 0 radical (unpaired) electrons. The van der Waals surface area contributed by atoms with Crippen LogP contribution in [0.2, 0.25) is 0 Å². The lowest BCUT2D eigenvalue weighted by molar-refractivity contribution is -0.172. The summed E-state index contributed by atoms with van der Waals surface area (Å²) in [5.74, 6) is -0.882. The normalized spacial score (nSPS) is 32.2. The summed E-state index contributed by atoms with van der Waals surface area (Å²) in [5.41, 5.74) is 9.38. The van der Waals surface area contributed by atoms with Crippen LogP contribution in [-0.4, -0.2) is 168 Å². The summed E-state index contributed by atoms with van der Waals surface area (Å²) in [5, 5.41) is 8.45. The largest absolute Gasteiger partial charge is 0.464 e. The van der Waals surface area contributed by atoms with E-state index in [1.165, 1.54) is 24.2 Å². The number of rotatable bonds is 12. The molecule has 3 saturated carbocycles. The van der Waals surface area contributed by atoms with Crippen LogP contribution in [0, 0.1) is 17.3 Å². The topological polar surface area (TPSA) is 165 Å². The van der Waals surface area contributed by atoms with Crippen LogP contribution in [0.5, 0.6) is 0 Å². The number of thiazole rings is 1. The van der Waals surface area contributed by atoms with Gasteiger partial charge >= 0.3 is 5.97 Å². The highest BCUT2D eigenvalue weighted by atomic mass is 32.1. The first-order valence-corrected chi connectivity index (χ1v) is 29.6. The number of halogens is 1. The van der Waals surface area contributed by atoms with Crippen molar-refractivity contribution >= 4 is 45.7 Å². The third-order valence-electron chi connectivity index (χ3n) is 18.8. The molecule has 0 unspecified atom stereocenters. The Morgan fingerprint density at radius 2 is 1.79 bits per heavy atom. The van der Waals surface area contributed by atoms with Gasteiger partial charge in [0.25, 0.3) is 11.8 Å². The molecule has 17 nitrogen and oxygen atoms in total. The molecular weight excluding hydrogens is 1000 g/mol. The summed E-state index contributed by atoms with van der Waals surface area (Å²) in [4.78, 5) is 62.4. The highest BCUT2D eigenvalue weighted by molar-refractivity contribution is 7.10. The molecule has 2 N–H and O–H groups in total. The van der Waals surface area contributed by atoms with Crippen molar-refractivity contribution in [2.24, 2.45) is 17.3 Å². The number of benzene rings is 1. The Kier molecular flexibility index (Phi) is 13.8. The third-order valence-corrected chi connectivity index (χ3v) is 19.7. The number of ether oxygens (including phenoxy) is 5. The molecule has 10 bridgehead atoms. The highest BCUT2D eigenvalue weighted by Gasteiger charge is 2.62. The van der Waals surface area contributed by atoms with Gasteiger partial charge in [0.05, 0.1) is 66.5 Å². The zero-order chi connectivity index (χ0) is 52.9. The Morgan fingerprint density at radius 3 is 2.51 bits per heavy atom. The van der Waals surface area contributed by atoms with Gasteiger partial charge in [0.15, 0.2) is 0 Å². The standard InChI is InChI=1S/C58H76FN9O8S/c1-33-37-26-58(27-37,76-33)56(71)62-50-52(66-13-10-38(59)30-66)53-61-46(31-77-53)35-6-9-47-43(24-35)45(28-57(3,4)32-75-55(70)49-36-22-40(23-36)68(63-49)54(50)69)51(67(47)18-21-74-42-11-19-73-20-12-42)44-25-41(29-60-48(44)34(2)72-5)65-16-14-64(15-17-65)39-7-8-39/h6,9,24-25,29,31,33-34,36-40,42,49-50,52,63H,7-8,10-23,26-28,30,32H2,1-5H3,(H,62,71)/t33-,34+,36?,37?,38+,40?,49+,50+,52+,58?/m1/s1. The minimum absolute atomic E-state index is 0.0234. The zero-order valence-corrected chi connectivity index (χ0v) is 46.2. The lowest BCUT2D eigenvalue weighted by Gasteiger charge is -2.53. The summed E-state index contributed by atoms with van der Waals surface area (Å²) in [6, 6.07) is 6.63. The van der Waals surface area contributed by atoms with Gasteiger partial charge < -0.3 is 38.5 Å². The van der Waals surface area contributed by atoms with Crippen molar-refractivity contribution in [3.8, 4) is 22.5 Å². The number of hydrogen-bond donors (Lipinski definition) is 2. The second-order valence-electron chi connectivity index (χ2n) is 24.6. The van der Waals surface area contributed by atoms with Crippen molar-refractivity contribution in [3.05, 3.63) is 52.1 Å². The van der Waals surface area contributed by atoms with Gasteiger partial charge in [0.1, 0.15) is 28.9 Å². The van der Waals surface area contributed by atoms with Crippen LogP contribution in [-0.2, 0) is 51.0 Å². The van der Waals surface area contributed by atoms with Gasteiger partial charge in [-0.2, -0.15) is 0 Å². The SMILES string of the molecule is CO[C@@H](C)c1ncc(N2CCN(C3CC3)CC2)cc1-c1c2c3cc(ccc3n1CCOC1CCOCC1)-c1csc(n1)[C@@H](N1CC[C@H](F)C1)[C@H](NC(=O)C13CC(C1)[C@@H](C)O3)C(=O)N1N[C@H](C(=O)OCC(C)(C)C2)C2CC1C2. The molecule has 4 aromatic rings. The van der Waals surface area contributed by atoms with Gasteiger partial charge in [0.2, 0.25) is 0 Å². The number of methoxy groups -OCH3 is 1. The number of nitrogens with one attached hydrogen (secondary N) is 2. The molecule has 19 heteroatoms. The quantitative estimate of drug-likeness (QED) is 0.143. The molecule has 8 aliphatic heterocycles. The van der Waals surface area contributed by atoms with Crippen molar-refractivity contribution < 1.29 is 42.5 Å². The van der Waals surface area contributed by atoms with Crippen molar-refractivity contribution in [3.63, 3.8) is 0 Å². The van der Waals surface area contributed by atoms with Gasteiger partial charge in [-0.25, -0.2) is 14.8 Å². The van der Waals surface area contributed by atoms with Crippen molar-refractivity contribution in [2.75, 3.05) is 77.7 Å². The molecule has 0 spiro atoms. The van der Waals surface area contributed by atoms with Crippen LogP contribution in [0.15, 0.2) is 35.8 Å². The van der Waals surface area contributed by atoms with E-state index in [4.69, 9.17) is 33.7 Å². The number of cyclic esters (lactones) is 1. The lowest BCUT2D eigenvalue weighted by Crippen LogP contribution is -2.72. The number of carbonyl (C=O) groups excluding carboxylic acids is 3. The molecule has 10 fully saturated rings. The second kappa shape index (κ2) is 20.5. The van der Waals surface area contributed by atoms with Crippen LogP contribution in [0.3, 0.4) is 0 Å². The molecule has 3 aliphatic carbocycles. The fourth-order valence-electron chi connectivity index (χ4n) is 14.0. The molecule has 11 heterocycles. The van der Waals surface area contributed by atoms with Gasteiger partial charge in [0, 0.05) is 111 Å². The van der Waals surface area contributed by atoms with Crippen LogP contribution in [0.25, 0.3) is 33.4 Å². The number of anilines is 1. The van der Waals surface area contributed by atoms with Crippen molar-refractivity contribution in [1.29, 1.82) is 0 Å². The van der Waals surface area contributed by atoms with Crippen LogP contribution in [0.4, 0.5) is 10.1 Å². The van der Waals surface area contributed by atoms with Crippen LogP contribution >= 0.6 is 11.3 Å². The highest BCUT2D eigenvalue weighted by Crippen LogP contribution is 2.53. The smallest absolute Gasteiger partial charge is 0.325 e. The predicted molar refractivity (Wildman–Crippen MR) is 289 cm³/mol. The fourth-order valence-corrected chi connectivity index (χ4v) is 15.0. The minimum Gasteiger partial charge on any atom is -0.464 e. The average Bonchev–Trinajstić information content (AvgIpc) is 3.97. The number of carbonyl (C=O) groups is 3. The third kappa shape index (κ3) is 9.69. The number of amides is 2.